The van der Waals surface area contributed by atoms with Gasteiger partial charge >= 0.3 is 9.65 Å². The molecule has 0 amide bonds. The summed E-state index contributed by atoms with van der Waals surface area (Å²) >= 11 is 0. The largest absolute Gasteiger partial charge is 0.591 e. The molecule has 0 aliphatic rings. The standard InChI is InChI=1S/Ag.Cu.HO2Si/c;;1-3-2/h;;1H. The average Bonchev–Trinajstić information content (AvgIpc) is 0.918. The van der Waals surface area contributed by atoms with Crippen molar-refractivity contribution in [1.82, 2.24) is 0 Å². The fourth-order valence-corrected chi connectivity index (χ4v) is 0. The van der Waals surface area contributed by atoms with Crippen molar-refractivity contribution >= 4 is 9.65 Å². The molecule has 39 valence electrons. The molecule has 0 saturated heterocycles. The second-order valence-electron chi connectivity index (χ2n) is 0.0913. The van der Waals surface area contributed by atoms with Crippen LogP contribution in [0.15, 0.2) is 0 Å². The van der Waals surface area contributed by atoms with Crippen LogP contribution in [0.3, 0.4) is 0 Å². The molecule has 0 bridgehead atoms. The summed E-state index contributed by atoms with van der Waals surface area (Å²) in [5.41, 5.74) is 0. The first-order valence-electron chi connectivity index (χ1n) is 0.428. The summed E-state index contributed by atoms with van der Waals surface area (Å²) in [5, 5.41) is 0. The van der Waals surface area contributed by atoms with Gasteiger partial charge in [0, 0.05) is 39.4 Å². The molecule has 2 nitrogen and oxygen atoms in total. The van der Waals surface area contributed by atoms with Crippen molar-refractivity contribution in [2.75, 3.05) is 0 Å². The number of hydrogen-bond donors (Lipinski definition) is 1. The van der Waals surface area contributed by atoms with Gasteiger partial charge in [-0.05, 0) is 0 Å². The summed E-state index contributed by atoms with van der Waals surface area (Å²) in [5.74, 6) is 0. The van der Waals surface area contributed by atoms with E-state index in [9.17, 15) is 0 Å². The van der Waals surface area contributed by atoms with Gasteiger partial charge in [-0.1, -0.05) is 0 Å². The van der Waals surface area contributed by atoms with E-state index >= 15 is 0 Å². The van der Waals surface area contributed by atoms with Crippen molar-refractivity contribution < 1.29 is 48.7 Å². The van der Waals surface area contributed by atoms with Crippen molar-refractivity contribution in [3.63, 3.8) is 0 Å². The normalized spacial score (nSPS) is 2.40. The van der Waals surface area contributed by atoms with Crippen LogP contribution < -0.4 is 0 Å². The van der Waals surface area contributed by atoms with Gasteiger partial charge in [0.1, 0.15) is 0 Å². The molecule has 0 aliphatic carbocycles. The molecule has 0 aromatic heterocycles. The average molecular weight is 233 g/mol. The maximum Gasteiger partial charge on any atom is 0.591 e. The maximum atomic E-state index is 8.51. The smallest absolute Gasteiger partial charge is 0.536 e. The molecule has 0 rings (SSSR count). The maximum absolute atomic E-state index is 8.51. The molecule has 5 heteroatoms. The summed E-state index contributed by atoms with van der Waals surface area (Å²) < 4.78 is 8.51. The van der Waals surface area contributed by atoms with Crippen LogP contribution in [0.5, 0.6) is 0 Å². The van der Waals surface area contributed by atoms with Gasteiger partial charge in [0.2, 0.25) is 0 Å². The zero-order chi connectivity index (χ0) is 2.71. The molecule has 0 spiro atoms. The Labute approximate surface area is 58.3 Å². The second-order valence-corrected chi connectivity index (χ2v) is 0.274. The van der Waals surface area contributed by atoms with Gasteiger partial charge in [0.25, 0.3) is 0 Å². The summed E-state index contributed by atoms with van der Waals surface area (Å²) in [6.45, 7) is 0. The van der Waals surface area contributed by atoms with E-state index in [1.807, 2.05) is 0 Å². The third-order valence-corrected chi connectivity index (χ3v) is 0. The molecule has 0 atom stereocenters. The van der Waals surface area contributed by atoms with Crippen LogP contribution in [0.2, 0.25) is 0 Å². The first kappa shape index (κ1) is 16.5. The summed E-state index contributed by atoms with van der Waals surface area (Å²) in [4.78, 5) is 7.04. The second kappa shape index (κ2) is 19.6. The van der Waals surface area contributed by atoms with E-state index in [-0.39, 0.29) is 39.4 Å². The molecule has 0 heterocycles. The third kappa shape index (κ3) is 41.5. The monoisotopic (exact) mass is 231 g/mol. The van der Waals surface area contributed by atoms with Crippen LogP contribution in [0.4, 0.5) is 0 Å². The molecular weight excluding hydrogens is 231 g/mol. The fraction of sp³-hybridized carbons (Fsp3) is 0. The van der Waals surface area contributed by atoms with Crippen LogP contribution >= 0.6 is 0 Å². The van der Waals surface area contributed by atoms with Crippen molar-refractivity contribution in [3.8, 4) is 0 Å². The Morgan fingerprint density at radius 1 is 1.60 bits per heavy atom. The van der Waals surface area contributed by atoms with Crippen molar-refractivity contribution in [1.29, 1.82) is 0 Å². The minimum atomic E-state index is -1.17. The fourth-order valence-electron chi connectivity index (χ4n) is 0. The van der Waals surface area contributed by atoms with Crippen LogP contribution in [-0.4, -0.2) is 14.4 Å². The Hall–Kier alpha value is 1.08. The summed E-state index contributed by atoms with van der Waals surface area (Å²) in [7, 11) is -1.17. The molecule has 0 saturated carbocycles. The summed E-state index contributed by atoms with van der Waals surface area (Å²) in [6.07, 6.45) is 0. The van der Waals surface area contributed by atoms with Crippen LogP contribution in [0.1, 0.15) is 0 Å². The molecule has 0 aromatic carbocycles. The van der Waals surface area contributed by atoms with E-state index in [2.05, 4.69) is 0 Å². The minimum absolute atomic E-state index is 0. The molecular formula is HAgCuO2Si. The molecule has 0 unspecified atom stereocenters. The van der Waals surface area contributed by atoms with Crippen molar-refractivity contribution in [2.45, 2.75) is 0 Å². The number of hydrogen-bond acceptors (Lipinski definition) is 1. The van der Waals surface area contributed by atoms with E-state index in [0.29, 0.717) is 0 Å². The van der Waals surface area contributed by atoms with Crippen LogP contribution in [0, 0.1) is 0 Å². The van der Waals surface area contributed by atoms with E-state index in [4.69, 9.17) is 9.26 Å². The van der Waals surface area contributed by atoms with E-state index in [1.54, 1.807) is 0 Å². The summed E-state index contributed by atoms with van der Waals surface area (Å²) in [6, 6.07) is 0. The van der Waals surface area contributed by atoms with E-state index in [1.165, 1.54) is 0 Å². The quantitative estimate of drug-likeness (QED) is 0.541. The van der Waals surface area contributed by atoms with Gasteiger partial charge in [0.15, 0.2) is 0 Å². The zero-order valence-corrected chi connectivity index (χ0v) is 5.38. The molecule has 5 heavy (non-hydrogen) atoms. The van der Waals surface area contributed by atoms with Gasteiger partial charge in [0.05, 0.1) is 0 Å². The van der Waals surface area contributed by atoms with Gasteiger partial charge in [-0.25, -0.2) is 0 Å². The third-order valence-electron chi connectivity index (χ3n) is 0. The molecule has 0 fully saturated rings. The Morgan fingerprint density at radius 3 is 1.60 bits per heavy atom. The van der Waals surface area contributed by atoms with Gasteiger partial charge in [-0.3, -0.25) is 0 Å². The van der Waals surface area contributed by atoms with Gasteiger partial charge < -0.3 is 9.26 Å². The predicted octanol–water partition coefficient (Wildman–Crippen LogP) is -1.06. The Bertz CT molecular complexity index is 17.1. The van der Waals surface area contributed by atoms with Gasteiger partial charge in [-0.15, -0.1) is 0 Å². The van der Waals surface area contributed by atoms with Gasteiger partial charge in [-0.2, -0.15) is 0 Å². The van der Waals surface area contributed by atoms with Crippen LogP contribution in [-0.2, 0) is 43.9 Å². The van der Waals surface area contributed by atoms with Crippen molar-refractivity contribution in [3.05, 3.63) is 0 Å². The first-order valence-corrected chi connectivity index (χ1v) is 1.28. The molecule has 0 aromatic rings. The zero-order valence-electron chi connectivity index (χ0n) is 1.96. The number of rotatable bonds is 0. The van der Waals surface area contributed by atoms with Crippen molar-refractivity contribution in [2.24, 2.45) is 0 Å². The first-order chi connectivity index (χ1) is 1.41. The predicted molar refractivity (Wildman–Crippen MR) is 8.66 cm³/mol. The molecule has 1 N–H and O–H groups in total. The Kier molecular flexibility index (Phi) is 64.7. The molecule has 3 radical (unpaired) electrons. The van der Waals surface area contributed by atoms with E-state index < -0.39 is 9.65 Å². The Morgan fingerprint density at radius 2 is 1.60 bits per heavy atom. The Balaban J connectivity index is -0.0000000200. The van der Waals surface area contributed by atoms with Crippen LogP contribution in [0.25, 0.3) is 0 Å². The SMILES string of the molecule is O=[Si]O.[Ag].[Cu]. The minimum Gasteiger partial charge on any atom is -0.536 e. The van der Waals surface area contributed by atoms with E-state index in [0.717, 1.165) is 0 Å². The molecule has 0 aliphatic heterocycles. The topological polar surface area (TPSA) is 37.3 Å².